The van der Waals surface area contributed by atoms with E-state index in [-0.39, 0.29) is 23.0 Å². The molecule has 120 valence electrons. The van der Waals surface area contributed by atoms with Gasteiger partial charge in [-0.25, -0.2) is 4.39 Å². The van der Waals surface area contributed by atoms with E-state index in [1.165, 1.54) is 18.9 Å². The first-order chi connectivity index (χ1) is 10.4. The average Bonchev–Trinajstić information content (AvgIpc) is 2.47. The van der Waals surface area contributed by atoms with Crippen LogP contribution in [0.3, 0.4) is 0 Å². The zero-order valence-corrected chi connectivity index (χ0v) is 13.8. The standard InChI is InChI=1S/C17H22ClFN2O/c1-17(2)10-21(15-6-4-3-5-14(15)20-17)16-8-12(18)11(9-22)7-13(16)19/h7-9,14-15,20H,3-6,10H2,1-2H3/t14-,15-/m0/s1. The number of benzene rings is 1. The summed E-state index contributed by atoms with van der Waals surface area (Å²) < 4.78 is 14.5. The van der Waals surface area contributed by atoms with Gasteiger partial charge in [0.15, 0.2) is 6.29 Å². The van der Waals surface area contributed by atoms with E-state index < -0.39 is 0 Å². The van der Waals surface area contributed by atoms with Crippen molar-refractivity contribution >= 4 is 23.6 Å². The molecule has 1 saturated carbocycles. The Labute approximate surface area is 135 Å². The zero-order valence-electron chi connectivity index (χ0n) is 13.0. The Bertz CT molecular complexity index is 590. The van der Waals surface area contributed by atoms with Gasteiger partial charge < -0.3 is 10.2 Å². The molecule has 5 heteroatoms. The number of halogens is 2. The Morgan fingerprint density at radius 1 is 1.36 bits per heavy atom. The number of nitrogens with one attached hydrogen (secondary N) is 1. The van der Waals surface area contributed by atoms with Crippen LogP contribution in [0.2, 0.25) is 5.02 Å². The molecule has 1 saturated heterocycles. The fourth-order valence-electron chi connectivity index (χ4n) is 3.87. The number of aldehydes is 1. The summed E-state index contributed by atoms with van der Waals surface area (Å²) in [5, 5.41) is 4.01. The van der Waals surface area contributed by atoms with Crippen LogP contribution in [0.1, 0.15) is 49.9 Å². The van der Waals surface area contributed by atoms with Gasteiger partial charge in [-0.05, 0) is 38.8 Å². The Morgan fingerprint density at radius 3 is 2.82 bits per heavy atom. The first kappa shape index (κ1) is 15.8. The summed E-state index contributed by atoms with van der Waals surface area (Å²) in [6, 6.07) is 3.52. The normalized spacial score (nSPS) is 27.4. The number of nitrogens with zero attached hydrogens (tertiary/aromatic N) is 1. The Morgan fingerprint density at radius 2 is 2.09 bits per heavy atom. The highest BCUT2D eigenvalue weighted by molar-refractivity contribution is 6.33. The van der Waals surface area contributed by atoms with E-state index in [2.05, 4.69) is 24.1 Å². The molecule has 1 aromatic rings. The summed E-state index contributed by atoms with van der Waals surface area (Å²) in [6.45, 7) is 5.01. The van der Waals surface area contributed by atoms with Crippen molar-refractivity contribution in [3.05, 3.63) is 28.5 Å². The zero-order chi connectivity index (χ0) is 15.9. The third-order valence-corrected chi connectivity index (χ3v) is 5.10. The number of piperazine rings is 1. The molecule has 1 N–H and O–H groups in total. The molecule has 22 heavy (non-hydrogen) atoms. The maximum Gasteiger partial charge on any atom is 0.151 e. The monoisotopic (exact) mass is 324 g/mol. The maximum atomic E-state index is 14.5. The summed E-state index contributed by atoms with van der Waals surface area (Å²) in [5.74, 6) is -0.367. The highest BCUT2D eigenvalue weighted by atomic mass is 35.5. The molecule has 1 aliphatic heterocycles. The van der Waals surface area contributed by atoms with Gasteiger partial charge in [0.2, 0.25) is 0 Å². The van der Waals surface area contributed by atoms with Gasteiger partial charge in [-0.1, -0.05) is 24.4 Å². The SMILES string of the molecule is CC1(C)CN(c2cc(Cl)c(C=O)cc2F)[C@H]2CCCC[C@@H]2N1. The van der Waals surface area contributed by atoms with E-state index >= 15 is 0 Å². The molecule has 2 atom stereocenters. The fraction of sp³-hybridized carbons (Fsp3) is 0.588. The van der Waals surface area contributed by atoms with Gasteiger partial charge in [0.25, 0.3) is 0 Å². The second-order valence-corrected chi connectivity index (χ2v) is 7.46. The lowest BCUT2D eigenvalue weighted by molar-refractivity contribution is 0.112. The molecule has 2 fully saturated rings. The minimum Gasteiger partial charge on any atom is -0.363 e. The van der Waals surface area contributed by atoms with E-state index in [1.54, 1.807) is 6.07 Å². The molecule has 0 amide bonds. The smallest absolute Gasteiger partial charge is 0.151 e. The second kappa shape index (κ2) is 5.82. The van der Waals surface area contributed by atoms with Gasteiger partial charge in [0, 0.05) is 29.7 Å². The Balaban J connectivity index is 2.00. The summed E-state index contributed by atoms with van der Waals surface area (Å²) in [6.07, 6.45) is 5.15. The maximum absolute atomic E-state index is 14.5. The van der Waals surface area contributed by atoms with E-state index in [0.717, 1.165) is 19.4 Å². The molecular formula is C17H22ClFN2O. The second-order valence-electron chi connectivity index (χ2n) is 7.06. The molecule has 2 aliphatic rings. The van der Waals surface area contributed by atoms with Crippen molar-refractivity contribution in [3.63, 3.8) is 0 Å². The van der Waals surface area contributed by atoms with Crippen molar-refractivity contribution in [1.82, 2.24) is 5.32 Å². The summed E-state index contributed by atoms with van der Waals surface area (Å²) in [7, 11) is 0. The minimum absolute atomic E-state index is 0.0826. The molecule has 3 nitrogen and oxygen atoms in total. The number of rotatable bonds is 2. The Hall–Kier alpha value is -1.13. The van der Waals surface area contributed by atoms with E-state index in [4.69, 9.17) is 11.6 Å². The fourth-order valence-corrected chi connectivity index (χ4v) is 4.07. The number of fused-ring (bicyclic) bond motifs is 1. The van der Waals surface area contributed by atoms with Crippen molar-refractivity contribution in [3.8, 4) is 0 Å². The predicted octanol–water partition coefficient (Wildman–Crippen LogP) is 3.79. The number of anilines is 1. The van der Waals surface area contributed by atoms with Crippen molar-refractivity contribution in [2.24, 2.45) is 0 Å². The molecule has 3 rings (SSSR count). The Kier molecular flexibility index (Phi) is 4.17. The van der Waals surface area contributed by atoms with Gasteiger partial charge in [0.05, 0.1) is 10.7 Å². The van der Waals surface area contributed by atoms with Crippen LogP contribution in [0.15, 0.2) is 12.1 Å². The van der Waals surface area contributed by atoms with Crippen LogP contribution < -0.4 is 10.2 Å². The van der Waals surface area contributed by atoms with Crippen molar-refractivity contribution in [1.29, 1.82) is 0 Å². The van der Waals surface area contributed by atoms with Crippen LogP contribution in [-0.2, 0) is 0 Å². The first-order valence-electron chi connectivity index (χ1n) is 7.90. The molecule has 0 unspecified atom stereocenters. The topological polar surface area (TPSA) is 32.3 Å². The van der Waals surface area contributed by atoms with Crippen LogP contribution in [-0.4, -0.2) is 30.5 Å². The van der Waals surface area contributed by atoms with Gasteiger partial charge in [-0.15, -0.1) is 0 Å². The molecule has 0 aromatic heterocycles. The highest BCUT2D eigenvalue weighted by Gasteiger charge is 2.41. The largest absolute Gasteiger partial charge is 0.363 e. The number of hydrogen-bond donors (Lipinski definition) is 1. The van der Waals surface area contributed by atoms with Gasteiger partial charge in [-0.2, -0.15) is 0 Å². The molecule has 0 bridgehead atoms. The highest BCUT2D eigenvalue weighted by Crippen LogP contribution is 2.36. The number of carbonyl (C=O) groups is 1. The molecule has 0 radical (unpaired) electrons. The summed E-state index contributed by atoms with van der Waals surface area (Å²) in [5.41, 5.74) is 0.639. The van der Waals surface area contributed by atoms with E-state index in [1.807, 2.05) is 0 Å². The van der Waals surface area contributed by atoms with Crippen LogP contribution in [0, 0.1) is 5.82 Å². The average molecular weight is 325 g/mol. The molecule has 1 aliphatic carbocycles. The summed E-state index contributed by atoms with van der Waals surface area (Å²) >= 11 is 6.13. The molecule has 1 heterocycles. The van der Waals surface area contributed by atoms with E-state index in [9.17, 15) is 9.18 Å². The third-order valence-electron chi connectivity index (χ3n) is 4.77. The van der Waals surface area contributed by atoms with Gasteiger partial charge >= 0.3 is 0 Å². The molecule has 1 aromatic carbocycles. The summed E-state index contributed by atoms with van der Waals surface area (Å²) in [4.78, 5) is 13.1. The minimum atomic E-state index is -0.367. The molecular weight excluding hydrogens is 303 g/mol. The van der Waals surface area contributed by atoms with Gasteiger partial charge in [-0.3, -0.25) is 4.79 Å². The van der Waals surface area contributed by atoms with Crippen molar-refractivity contribution in [2.75, 3.05) is 11.4 Å². The third kappa shape index (κ3) is 2.86. The predicted molar refractivity (Wildman–Crippen MR) is 87.4 cm³/mol. The lowest BCUT2D eigenvalue weighted by Crippen LogP contribution is -2.67. The van der Waals surface area contributed by atoms with Crippen LogP contribution in [0.25, 0.3) is 0 Å². The number of carbonyl (C=O) groups excluding carboxylic acids is 1. The van der Waals surface area contributed by atoms with Crippen LogP contribution in [0.4, 0.5) is 10.1 Å². The van der Waals surface area contributed by atoms with Crippen molar-refractivity contribution in [2.45, 2.75) is 57.2 Å². The van der Waals surface area contributed by atoms with Crippen LogP contribution >= 0.6 is 11.6 Å². The van der Waals surface area contributed by atoms with Crippen molar-refractivity contribution < 1.29 is 9.18 Å². The lowest BCUT2D eigenvalue weighted by Gasteiger charge is -2.52. The quantitative estimate of drug-likeness (QED) is 0.840. The van der Waals surface area contributed by atoms with Crippen LogP contribution in [0.5, 0.6) is 0 Å². The molecule has 0 spiro atoms. The first-order valence-corrected chi connectivity index (χ1v) is 8.28. The lowest BCUT2D eigenvalue weighted by atomic mass is 9.83. The number of hydrogen-bond acceptors (Lipinski definition) is 3. The van der Waals surface area contributed by atoms with E-state index in [0.29, 0.717) is 23.0 Å². The van der Waals surface area contributed by atoms with Gasteiger partial charge in [0.1, 0.15) is 5.82 Å².